The van der Waals surface area contributed by atoms with Crippen LogP contribution in [-0.2, 0) is 0 Å². The summed E-state index contributed by atoms with van der Waals surface area (Å²) in [5.41, 5.74) is 2.39. The second kappa shape index (κ2) is 10.5. The maximum absolute atomic E-state index is 13.4. The van der Waals surface area contributed by atoms with E-state index in [1.165, 1.54) is 0 Å². The zero-order chi connectivity index (χ0) is 23.9. The number of nitrogens with zero attached hydrogens (tertiary/aromatic N) is 2. The Morgan fingerprint density at radius 1 is 1.29 bits per heavy atom. The quantitative estimate of drug-likeness (QED) is 0.257. The van der Waals surface area contributed by atoms with Gasteiger partial charge in [0.25, 0.3) is 0 Å². The van der Waals surface area contributed by atoms with E-state index >= 15 is 0 Å². The first-order valence-electron chi connectivity index (χ1n) is 11.8. The van der Waals surface area contributed by atoms with Gasteiger partial charge < -0.3 is 31.3 Å². The molecular formula is C28H30Br2N2O3. The minimum absolute atomic E-state index is 0. The Kier molecular flexibility index (Phi) is 7.81. The molecule has 184 valence electrons. The lowest BCUT2D eigenvalue weighted by Gasteiger charge is -2.57. The van der Waals surface area contributed by atoms with E-state index in [4.69, 9.17) is 4.74 Å². The van der Waals surface area contributed by atoms with Gasteiger partial charge in [-0.3, -0.25) is 9.78 Å². The van der Waals surface area contributed by atoms with Crippen LogP contribution in [-0.4, -0.2) is 53.1 Å². The highest BCUT2D eigenvalue weighted by atomic mass is 79.9. The summed E-state index contributed by atoms with van der Waals surface area (Å²) in [6, 6.07) is 15.2. The third kappa shape index (κ3) is 4.84. The topological polar surface area (TPSA) is 59.4 Å². The number of quaternary nitrogens is 1. The summed E-state index contributed by atoms with van der Waals surface area (Å²) in [5, 5.41) is 12.7. The molecule has 5 nitrogen and oxygen atoms in total. The molecule has 0 saturated carbocycles. The normalized spacial score (nSPS) is 26.1. The van der Waals surface area contributed by atoms with E-state index in [1.54, 1.807) is 13.3 Å². The molecule has 7 heteroatoms. The molecule has 0 spiro atoms. The van der Waals surface area contributed by atoms with Crippen LogP contribution >= 0.6 is 15.9 Å². The molecule has 35 heavy (non-hydrogen) atoms. The number of hydrogen-bond acceptors (Lipinski definition) is 4. The Hall–Kier alpha value is -2.06. The Balaban J connectivity index is 0.00000289. The smallest absolute Gasteiger partial charge is 0.216 e. The van der Waals surface area contributed by atoms with Gasteiger partial charge in [-0.1, -0.05) is 34.1 Å². The van der Waals surface area contributed by atoms with Gasteiger partial charge in [0.2, 0.25) is 5.78 Å². The lowest BCUT2D eigenvalue weighted by molar-refractivity contribution is -0.966. The zero-order valence-electron chi connectivity index (χ0n) is 19.7. The van der Waals surface area contributed by atoms with Gasteiger partial charge in [0.1, 0.15) is 24.4 Å². The summed E-state index contributed by atoms with van der Waals surface area (Å²) in [6.45, 7) is 6.20. The van der Waals surface area contributed by atoms with Crippen LogP contribution in [0.25, 0.3) is 10.9 Å². The van der Waals surface area contributed by atoms with E-state index in [2.05, 4.69) is 33.6 Å². The van der Waals surface area contributed by atoms with Crippen LogP contribution in [0.3, 0.4) is 0 Å². The van der Waals surface area contributed by atoms with Crippen LogP contribution in [0.15, 0.2) is 71.9 Å². The van der Waals surface area contributed by atoms with Crippen LogP contribution in [0.5, 0.6) is 5.75 Å². The molecule has 5 unspecified atom stereocenters. The highest BCUT2D eigenvalue weighted by Gasteiger charge is 2.54. The Morgan fingerprint density at radius 3 is 2.77 bits per heavy atom. The van der Waals surface area contributed by atoms with Crippen LogP contribution in [0, 0.1) is 11.8 Å². The van der Waals surface area contributed by atoms with E-state index in [0.29, 0.717) is 28.4 Å². The van der Waals surface area contributed by atoms with Crippen molar-refractivity contribution in [3.05, 3.63) is 83.0 Å². The third-order valence-corrected chi connectivity index (χ3v) is 8.49. The van der Waals surface area contributed by atoms with Gasteiger partial charge in [-0.25, -0.2) is 0 Å². The van der Waals surface area contributed by atoms with Gasteiger partial charge in [0, 0.05) is 40.4 Å². The molecule has 0 radical (unpaired) electrons. The van der Waals surface area contributed by atoms with Gasteiger partial charge in [0.05, 0.1) is 25.7 Å². The Bertz CT molecular complexity index is 1230. The van der Waals surface area contributed by atoms with Crippen molar-refractivity contribution in [1.82, 2.24) is 4.98 Å². The second-order valence-electron chi connectivity index (χ2n) is 9.69. The molecule has 5 atom stereocenters. The Morgan fingerprint density at radius 2 is 2.06 bits per heavy atom. The highest BCUT2D eigenvalue weighted by Crippen LogP contribution is 2.47. The molecule has 1 aromatic heterocycles. The number of ether oxygens (including phenoxy) is 1. The molecule has 2 bridgehead atoms. The molecule has 3 aliphatic rings. The van der Waals surface area contributed by atoms with E-state index < -0.39 is 6.10 Å². The number of rotatable bonds is 7. The minimum atomic E-state index is -0.705. The maximum atomic E-state index is 13.4. The van der Waals surface area contributed by atoms with Crippen molar-refractivity contribution in [3.63, 3.8) is 0 Å². The van der Waals surface area contributed by atoms with Crippen molar-refractivity contribution in [2.45, 2.75) is 25.0 Å². The van der Waals surface area contributed by atoms with E-state index in [0.717, 1.165) is 52.6 Å². The predicted octanol–water partition coefficient (Wildman–Crippen LogP) is 2.34. The monoisotopic (exact) mass is 600 g/mol. The standard InChI is InChI=1S/C28H30BrN2O3.BrH/c1-3-18-16-31(17-27(32)19-4-6-21(29)7-5-19)13-11-20(18)14-26(31)28(33)23-10-12-30-25-9-8-22(34-2)15-24(23)25;/h3-10,12,15,18,20,26,28,33H,1,11,13-14,16-17H2,2H3;1H/q+1;/p-1. The number of methoxy groups -OCH3 is 1. The fourth-order valence-electron chi connectivity index (χ4n) is 6.13. The molecule has 3 aromatic rings. The van der Waals surface area contributed by atoms with Crippen molar-refractivity contribution in [2.75, 3.05) is 26.7 Å². The number of fused-ring (bicyclic) bond motifs is 4. The second-order valence-corrected chi connectivity index (χ2v) is 10.6. The summed E-state index contributed by atoms with van der Waals surface area (Å²) in [6.07, 6.45) is 5.03. The van der Waals surface area contributed by atoms with E-state index in [1.807, 2.05) is 48.5 Å². The molecule has 1 N–H and O–H groups in total. The van der Waals surface area contributed by atoms with Crippen LogP contribution < -0.4 is 21.7 Å². The van der Waals surface area contributed by atoms with Crippen LogP contribution in [0.1, 0.15) is 34.9 Å². The molecule has 0 aliphatic carbocycles. The average Bonchev–Trinajstić information content (AvgIpc) is 2.87. The third-order valence-electron chi connectivity index (χ3n) is 7.97. The summed E-state index contributed by atoms with van der Waals surface area (Å²) in [5.74, 6) is 1.71. The number of aliphatic hydroxyl groups is 1. The van der Waals surface area contributed by atoms with Crippen molar-refractivity contribution >= 4 is 32.6 Å². The number of aliphatic hydroxyl groups excluding tert-OH is 1. The van der Waals surface area contributed by atoms with E-state index in [-0.39, 0.29) is 28.8 Å². The van der Waals surface area contributed by atoms with Gasteiger partial charge in [-0.05, 0) is 47.9 Å². The minimum Gasteiger partial charge on any atom is -1.00 e. The van der Waals surface area contributed by atoms with E-state index in [9.17, 15) is 9.90 Å². The highest BCUT2D eigenvalue weighted by molar-refractivity contribution is 9.10. The number of hydrogen-bond donors (Lipinski definition) is 1. The number of piperidine rings is 3. The average molecular weight is 602 g/mol. The molecule has 3 fully saturated rings. The van der Waals surface area contributed by atoms with Crippen molar-refractivity contribution < 1.29 is 36.1 Å². The van der Waals surface area contributed by atoms with Gasteiger partial charge in [0.15, 0.2) is 0 Å². The molecule has 6 rings (SSSR count). The summed E-state index contributed by atoms with van der Waals surface area (Å²) in [7, 11) is 1.64. The summed E-state index contributed by atoms with van der Waals surface area (Å²) < 4.78 is 6.99. The Labute approximate surface area is 225 Å². The van der Waals surface area contributed by atoms with Gasteiger partial charge in [-0.15, -0.1) is 6.58 Å². The molecule has 4 heterocycles. The molecule has 3 saturated heterocycles. The largest absolute Gasteiger partial charge is 1.00 e. The number of aromatic nitrogens is 1. The lowest BCUT2D eigenvalue weighted by Crippen LogP contribution is -3.00. The summed E-state index contributed by atoms with van der Waals surface area (Å²) in [4.78, 5) is 17.9. The molecule has 2 aromatic carbocycles. The van der Waals surface area contributed by atoms with Crippen LogP contribution in [0.2, 0.25) is 0 Å². The predicted molar refractivity (Wildman–Crippen MR) is 137 cm³/mol. The van der Waals surface area contributed by atoms with Gasteiger partial charge >= 0.3 is 0 Å². The molecule has 0 amide bonds. The first-order chi connectivity index (χ1) is 16.4. The lowest BCUT2D eigenvalue weighted by atomic mass is 9.71. The number of carbonyl (C=O) groups excluding carboxylic acids is 1. The number of halogens is 2. The summed E-state index contributed by atoms with van der Waals surface area (Å²) >= 11 is 3.45. The maximum Gasteiger partial charge on any atom is 0.216 e. The van der Waals surface area contributed by atoms with Crippen molar-refractivity contribution in [3.8, 4) is 5.75 Å². The number of carbonyl (C=O) groups is 1. The number of benzene rings is 2. The number of ketones is 1. The van der Waals surface area contributed by atoms with Gasteiger partial charge in [-0.2, -0.15) is 0 Å². The molecule has 3 aliphatic heterocycles. The zero-order valence-corrected chi connectivity index (χ0v) is 22.9. The first kappa shape index (κ1) is 26.0. The van der Waals surface area contributed by atoms with Crippen molar-refractivity contribution in [2.24, 2.45) is 11.8 Å². The molecular weight excluding hydrogens is 572 g/mol. The SMILES string of the molecule is C=CC1C[N+]2(CC(=O)c3ccc(Br)cc3)CCC1CC2C(O)c1ccnc2ccc(OC)cc12.[Br-]. The fourth-order valence-corrected chi connectivity index (χ4v) is 6.40. The number of pyridine rings is 1. The fraction of sp³-hybridized carbons (Fsp3) is 0.357. The van der Waals surface area contributed by atoms with Crippen LogP contribution in [0.4, 0.5) is 0 Å². The number of Topliss-reactive ketones (excluding diaryl/α,β-unsaturated/α-hetero) is 1. The first-order valence-corrected chi connectivity index (χ1v) is 12.6. The van der Waals surface area contributed by atoms with Crippen molar-refractivity contribution in [1.29, 1.82) is 0 Å².